The molecule has 0 saturated carbocycles. The Bertz CT molecular complexity index is 1030. The van der Waals surface area contributed by atoms with Gasteiger partial charge in [0.1, 0.15) is 18.4 Å². The molecule has 2 aliphatic heterocycles. The number of hydrogen-bond donors (Lipinski definition) is 2. The van der Waals surface area contributed by atoms with Crippen molar-refractivity contribution < 1.29 is 27.8 Å². The summed E-state index contributed by atoms with van der Waals surface area (Å²) in [4.78, 5) is 27.9. The minimum atomic E-state index is -1.04. The fourth-order valence-corrected chi connectivity index (χ4v) is 4.36. The lowest BCUT2D eigenvalue weighted by molar-refractivity contribution is 0.158. The van der Waals surface area contributed by atoms with Gasteiger partial charge in [-0.05, 0) is 42.7 Å². The van der Waals surface area contributed by atoms with E-state index in [1.165, 1.54) is 6.07 Å². The van der Waals surface area contributed by atoms with Crippen molar-refractivity contribution in [2.24, 2.45) is 0 Å². The van der Waals surface area contributed by atoms with Crippen LogP contribution in [-0.4, -0.2) is 63.0 Å². The van der Waals surface area contributed by atoms with Crippen LogP contribution < -0.4 is 20.3 Å². The summed E-state index contributed by atoms with van der Waals surface area (Å²) in [5.74, 6) is -1.18. The molecular weight excluding hydrogens is 446 g/mol. The van der Waals surface area contributed by atoms with E-state index in [9.17, 15) is 18.4 Å². The van der Waals surface area contributed by atoms with Gasteiger partial charge in [-0.3, -0.25) is 0 Å². The number of carbonyl (C=O) groups is 2. The fraction of sp³-hybridized carbons (Fsp3) is 0.417. The van der Waals surface area contributed by atoms with Crippen molar-refractivity contribution in [1.82, 2.24) is 15.5 Å². The molecule has 0 spiro atoms. The van der Waals surface area contributed by atoms with Crippen LogP contribution in [-0.2, 0) is 4.74 Å². The highest BCUT2D eigenvalue weighted by molar-refractivity contribution is 5.92. The van der Waals surface area contributed by atoms with E-state index in [-0.39, 0.29) is 6.61 Å². The number of ether oxygens (including phenoxy) is 2. The Morgan fingerprint density at radius 3 is 2.62 bits per heavy atom. The highest BCUT2D eigenvalue weighted by Crippen LogP contribution is 2.30. The van der Waals surface area contributed by atoms with Crippen LogP contribution in [0.4, 0.5) is 24.1 Å². The van der Waals surface area contributed by atoms with Gasteiger partial charge in [0.25, 0.3) is 0 Å². The van der Waals surface area contributed by atoms with Gasteiger partial charge in [0, 0.05) is 32.2 Å². The van der Waals surface area contributed by atoms with E-state index in [4.69, 9.17) is 9.47 Å². The van der Waals surface area contributed by atoms with Gasteiger partial charge in [0.2, 0.25) is 0 Å². The van der Waals surface area contributed by atoms with Crippen molar-refractivity contribution in [3.05, 3.63) is 59.7 Å². The number of anilines is 1. The summed E-state index contributed by atoms with van der Waals surface area (Å²) >= 11 is 0. The molecule has 2 N–H and O–H groups in total. The second-order valence-corrected chi connectivity index (χ2v) is 8.26. The Labute approximate surface area is 196 Å². The van der Waals surface area contributed by atoms with Crippen LogP contribution in [0.2, 0.25) is 0 Å². The highest BCUT2D eigenvalue weighted by Gasteiger charge is 2.39. The number of cyclic esters (lactones) is 1. The van der Waals surface area contributed by atoms with E-state index in [0.29, 0.717) is 24.7 Å². The fourth-order valence-electron chi connectivity index (χ4n) is 4.36. The lowest BCUT2D eigenvalue weighted by Gasteiger charge is -2.34. The third-order valence-corrected chi connectivity index (χ3v) is 6.18. The third kappa shape index (κ3) is 5.22. The van der Waals surface area contributed by atoms with Gasteiger partial charge in [-0.1, -0.05) is 18.2 Å². The second kappa shape index (κ2) is 10.7. The van der Waals surface area contributed by atoms with Gasteiger partial charge in [-0.25, -0.2) is 23.3 Å². The Hall–Kier alpha value is -3.40. The van der Waals surface area contributed by atoms with E-state index in [2.05, 4.69) is 21.6 Å². The number of carbonyl (C=O) groups excluding carboxylic acids is 2. The first kappa shape index (κ1) is 23.7. The van der Waals surface area contributed by atoms with E-state index < -0.39 is 29.8 Å². The summed E-state index contributed by atoms with van der Waals surface area (Å²) in [6, 6.07) is 10.1. The van der Waals surface area contributed by atoms with Gasteiger partial charge < -0.3 is 25.0 Å². The molecule has 182 valence electrons. The van der Waals surface area contributed by atoms with Crippen LogP contribution in [0.1, 0.15) is 24.4 Å². The summed E-state index contributed by atoms with van der Waals surface area (Å²) in [5, 5.41) is 6.14. The molecule has 2 saturated heterocycles. The maximum Gasteiger partial charge on any atom is 0.418 e. The molecule has 4 rings (SSSR count). The normalized spacial score (nSPS) is 18.7. The largest absolute Gasteiger partial charge is 0.495 e. The van der Waals surface area contributed by atoms with Crippen LogP contribution in [0.5, 0.6) is 5.75 Å². The molecule has 34 heavy (non-hydrogen) atoms. The molecule has 0 unspecified atom stereocenters. The quantitative estimate of drug-likeness (QED) is 0.599. The Morgan fingerprint density at radius 2 is 1.88 bits per heavy atom. The molecule has 8 nitrogen and oxygen atoms in total. The van der Waals surface area contributed by atoms with Crippen molar-refractivity contribution >= 4 is 17.8 Å². The Kier molecular flexibility index (Phi) is 7.46. The number of amides is 3. The maximum absolute atomic E-state index is 13.6. The second-order valence-electron chi connectivity index (χ2n) is 8.26. The first-order valence-electron chi connectivity index (χ1n) is 11.3. The summed E-state index contributed by atoms with van der Waals surface area (Å²) in [6.07, 6.45) is 1.08. The minimum absolute atomic E-state index is 0.111. The lowest BCUT2D eigenvalue weighted by atomic mass is 10.0. The van der Waals surface area contributed by atoms with Crippen LogP contribution in [0.3, 0.4) is 0 Å². The van der Waals surface area contributed by atoms with Crippen LogP contribution >= 0.6 is 0 Å². The SMILES string of the molecule is COc1ccccc1N1CCC(NCCNC(=O)N2C(=O)OC[C@@H]2c2ccc(F)c(F)c2)CC1. The number of methoxy groups -OCH3 is 1. The number of nitrogens with zero attached hydrogens (tertiary/aromatic N) is 2. The molecule has 0 aromatic heterocycles. The zero-order valence-electron chi connectivity index (χ0n) is 18.9. The van der Waals surface area contributed by atoms with Crippen molar-refractivity contribution in [1.29, 1.82) is 0 Å². The lowest BCUT2D eigenvalue weighted by Crippen LogP contribution is -2.47. The van der Waals surface area contributed by atoms with E-state index in [1.807, 2.05) is 18.2 Å². The molecule has 0 bridgehead atoms. The van der Waals surface area contributed by atoms with Crippen molar-refractivity contribution in [2.75, 3.05) is 44.8 Å². The van der Waals surface area contributed by atoms with Crippen LogP contribution in [0.25, 0.3) is 0 Å². The van der Waals surface area contributed by atoms with E-state index >= 15 is 0 Å². The number of benzene rings is 2. The number of hydrogen-bond acceptors (Lipinski definition) is 6. The summed E-state index contributed by atoms with van der Waals surface area (Å²) in [5.41, 5.74) is 1.38. The molecule has 2 aromatic carbocycles. The first-order valence-corrected chi connectivity index (χ1v) is 11.3. The van der Waals surface area contributed by atoms with Gasteiger partial charge in [0.05, 0.1) is 12.8 Å². The average molecular weight is 475 g/mol. The monoisotopic (exact) mass is 474 g/mol. The number of urea groups is 1. The van der Waals surface area contributed by atoms with Gasteiger partial charge >= 0.3 is 12.1 Å². The number of para-hydroxylation sites is 2. The molecule has 0 radical (unpaired) electrons. The van der Waals surface area contributed by atoms with Crippen molar-refractivity contribution in [3.63, 3.8) is 0 Å². The van der Waals surface area contributed by atoms with Crippen molar-refractivity contribution in [3.8, 4) is 5.75 Å². The molecule has 0 aliphatic carbocycles. The highest BCUT2D eigenvalue weighted by atomic mass is 19.2. The van der Waals surface area contributed by atoms with Gasteiger partial charge in [-0.2, -0.15) is 0 Å². The molecule has 2 fully saturated rings. The summed E-state index contributed by atoms with van der Waals surface area (Å²) in [7, 11) is 1.67. The number of imide groups is 1. The minimum Gasteiger partial charge on any atom is -0.495 e. The molecule has 2 heterocycles. The molecule has 2 aromatic rings. The third-order valence-electron chi connectivity index (χ3n) is 6.18. The standard InChI is InChI=1S/C24H28F2N4O4/c1-33-22-5-3-2-4-20(22)29-12-8-17(9-13-29)27-10-11-28-23(31)30-21(15-34-24(30)32)16-6-7-18(25)19(26)14-16/h2-7,14,17,21,27H,8-13,15H2,1H3,(H,28,31)/t21-/m1/s1. The summed E-state index contributed by atoms with van der Waals surface area (Å²) < 4.78 is 37.3. The van der Waals surface area contributed by atoms with Gasteiger partial charge in [-0.15, -0.1) is 0 Å². The maximum atomic E-state index is 13.6. The van der Waals surface area contributed by atoms with E-state index in [0.717, 1.165) is 54.4 Å². The van der Waals surface area contributed by atoms with E-state index in [1.54, 1.807) is 7.11 Å². The number of halogens is 2. The predicted octanol–water partition coefficient (Wildman–Crippen LogP) is 3.43. The number of rotatable bonds is 7. The van der Waals surface area contributed by atoms with Crippen molar-refractivity contribution in [2.45, 2.75) is 24.9 Å². The molecule has 2 aliphatic rings. The Balaban J connectivity index is 1.23. The van der Waals surface area contributed by atoms with Crippen LogP contribution in [0, 0.1) is 11.6 Å². The number of nitrogens with one attached hydrogen (secondary N) is 2. The smallest absolute Gasteiger partial charge is 0.418 e. The topological polar surface area (TPSA) is 83.1 Å². The zero-order valence-corrected chi connectivity index (χ0v) is 18.9. The Morgan fingerprint density at radius 1 is 1.12 bits per heavy atom. The molecule has 3 amide bonds. The zero-order chi connectivity index (χ0) is 24.1. The predicted molar refractivity (Wildman–Crippen MR) is 122 cm³/mol. The van der Waals surface area contributed by atoms with Gasteiger partial charge in [0.15, 0.2) is 11.6 Å². The molecule has 1 atom stereocenters. The first-order chi connectivity index (χ1) is 16.5. The number of piperidine rings is 1. The summed E-state index contributed by atoms with van der Waals surface area (Å²) in [6.45, 7) is 2.50. The molecule has 10 heteroatoms. The van der Waals surface area contributed by atoms with Crippen LogP contribution in [0.15, 0.2) is 42.5 Å². The molecular formula is C24H28F2N4O4. The average Bonchev–Trinajstić information content (AvgIpc) is 3.25.